The first-order valence-electron chi connectivity index (χ1n) is 7.57. The molecular formula is C15H24N2O2S. The van der Waals surface area contributed by atoms with Gasteiger partial charge in [-0.2, -0.15) is 0 Å². The fraction of sp³-hybridized carbons (Fsp3) is 0.733. The maximum atomic E-state index is 11.5. The lowest BCUT2D eigenvalue weighted by Gasteiger charge is -2.19. The zero-order chi connectivity index (χ0) is 14.4. The Kier molecular flexibility index (Phi) is 5.83. The fourth-order valence-corrected chi connectivity index (χ4v) is 3.53. The van der Waals surface area contributed by atoms with E-state index in [0.29, 0.717) is 6.61 Å². The van der Waals surface area contributed by atoms with E-state index in [9.17, 15) is 4.79 Å². The molecule has 1 aliphatic rings. The number of aromatic nitrogens is 1. The van der Waals surface area contributed by atoms with Crippen LogP contribution in [0.2, 0.25) is 0 Å². The Labute approximate surface area is 125 Å². The lowest BCUT2D eigenvalue weighted by Crippen LogP contribution is -2.24. The molecule has 1 aromatic rings. The quantitative estimate of drug-likeness (QED) is 0.782. The summed E-state index contributed by atoms with van der Waals surface area (Å²) < 4.78 is 4.96. The average Bonchev–Trinajstić information content (AvgIpc) is 2.75. The number of anilines is 1. The van der Waals surface area contributed by atoms with Crippen molar-refractivity contribution in [1.82, 2.24) is 4.98 Å². The molecule has 2 heterocycles. The van der Waals surface area contributed by atoms with Crippen LogP contribution in [0.3, 0.4) is 0 Å². The van der Waals surface area contributed by atoms with Crippen molar-refractivity contribution < 1.29 is 9.53 Å². The molecule has 0 radical (unpaired) electrons. The molecule has 0 N–H and O–H groups in total. The number of thiazole rings is 1. The Morgan fingerprint density at radius 3 is 3.05 bits per heavy atom. The molecule has 0 saturated carbocycles. The first-order valence-corrected chi connectivity index (χ1v) is 8.45. The summed E-state index contributed by atoms with van der Waals surface area (Å²) in [4.78, 5) is 18.4. The molecule has 4 nitrogen and oxygen atoms in total. The first-order chi connectivity index (χ1) is 9.72. The average molecular weight is 296 g/mol. The Balaban J connectivity index is 1.92. The van der Waals surface area contributed by atoms with Crippen molar-refractivity contribution in [3.63, 3.8) is 0 Å². The molecule has 1 aliphatic heterocycles. The van der Waals surface area contributed by atoms with Gasteiger partial charge in [-0.3, -0.25) is 4.79 Å². The van der Waals surface area contributed by atoms with E-state index in [0.717, 1.165) is 29.8 Å². The summed E-state index contributed by atoms with van der Waals surface area (Å²) in [7, 11) is 0. The first kappa shape index (κ1) is 15.3. The second-order valence-electron chi connectivity index (χ2n) is 5.30. The predicted molar refractivity (Wildman–Crippen MR) is 82.3 cm³/mol. The molecule has 0 amide bonds. The molecular weight excluding hydrogens is 272 g/mol. The predicted octanol–water partition coefficient (Wildman–Crippen LogP) is 3.27. The molecule has 1 unspecified atom stereocenters. The normalized spacial score (nSPS) is 19.7. The lowest BCUT2D eigenvalue weighted by molar-refractivity contribution is -0.142. The molecule has 1 aromatic heterocycles. The standard InChI is InChI=1S/C15H24N2O2S/c1-3-12-6-5-8-17(9-7-12)15-16-13(11-20-15)10-14(18)19-4-2/h11-12H,3-10H2,1-2H3. The fourth-order valence-electron chi connectivity index (χ4n) is 2.65. The highest BCUT2D eigenvalue weighted by Crippen LogP contribution is 2.27. The van der Waals surface area contributed by atoms with Crippen LogP contribution in [0.1, 0.15) is 45.2 Å². The molecule has 2 rings (SSSR count). The summed E-state index contributed by atoms with van der Waals surface area (Å²) in [6.45, 7) is 6.71. The van der Waals surface area contributed by atoms with Crippen LogP contribution >= 0.6 is 11.3 Å². The van der Waals surface area contributed by atoms with Gasteiger partial charge in [0.05, 0.1) is 18.7 Å². The Bertz CT molecular complexity index is 433. The van der Waals surface area contributed by atoms with Gasteiger partial charge in [0, 0.05) is 18.5 Å². The summed E-state index contributed by atoms with van der Waals surface area (Å²) in [6.07, 6.45) is 5.39. The van der Waals surface area contributed by atoms with E-state index in [1.807, 2.05) is 12.3 Å². The number of esters is 1. The number of ether oxygens (including phenoxy) is 1. The monoisotopic (exact) mass is 296 g/mol. The van der Waals surface area contributed by atoms with Gasteiger partial charge in [0.2, 0.25) is 0 Å². The maximum absolute atomic E-state index is 11.5. The summed E-state index contributed by atoms with van der Waals surface area (Å²) in [5.74, 6) is 0.672. The van der Waals surface area contributed by atoms with Crippen LogP contribution in [0.4, 0.5) is 5.13 Å². The second-order valence-corrected chi connectivity index (χ2v) is 6.13. The van der Waals surface area contributed by atoms with Crippen LogP contribution < -0.4 is 4.90 Å². The third-order valence-corrected chi connectivity index (χ3v) is 4.82. The molecule has 0 aromatic carbocycles. The molecule has 20 heavy (non-hydrogen) atoms. The molecule has 0 aliphatic carbocycles. The Hall–Kier alpha value is -1.10. The molecule has 0 spiro atoms. The van der Waals surface area contributed by atoms with E-state index in [2.05, 4.69) is 16.8 Å². The molecule has 112 valence electrons. The smallest absolute Gasteiger partial charge is 0.311 e. The highest BCUT2D eigenvalue weighted by atomic mass is 32.1. The zero-order valence-electron chi connectivity index (χ0n) is 12.4. The molecule has 5 heteroatoms. The number of hydrogen-bond donors (Lipinski definition) is 0. The minimum atomic E-state index is -0.189. The topological polar surface area (TPSA) is 42.4 Å². The Morgan fingerprint density at radius 2 is 2.30 bits per heavy atom. The highest BCUT2D eigenvalue weighted by molar-refractivity contribution is 7.13. The van der Waals surface area contributed by atoms with Crippen LogP contribution in [-0.2, 0) is 16.0 Å². The number of hydrogen-bond acceptors (Lipinski definition) is 5. The lowest BCUT2D eigenvalue weighted by atomic mass is 9.98. The minimum Gasteiger partial charge on any atom is -0.466 e. The van der Waals surface area contributed by atoms with Gasteiger partial charge in [-0.15, -0.1) is 11.3 Å². The summed E-state index contributed by atoms with van der Waals surface area (Å²) >= 11 is 1.64. The van der Waals surface area contributed by atoms with Gasteiger partial charge in [0.15, 0.2) is 5.13 Å². The maximum Gasteiger partial charge on any atom is 0.311 e. The van der Waals surface area contributed by atoms with E-state index < -0.39 is 0 Å². The van der Waals surface area contributed by atoms with E-state index in [-0.39, 0.29) is 12.4 Å². The van der Waals surface area contributed by atoms with Crippen LogP contribution in [0, 0.1) is 5.92 Å². The van der Waals surface area contributed by atoms with Crippen LogP contribution in [-0.4, -0.2) is 30.6 Å². The van der Waals surface area contributed by atoms with E-state index in [1.165, 1.54) is 25.7 Å². The zero-order valence-corrected chi connectivity index (χ0v) is 13.2. The van der Waals surface area contributed by atoms with Crippen LogP contribution in [0.25, 0.3) is 0 Å². The molecule has 0 bridgehead atoms. The molecule has 1 atom stereocenters. The van der Waals surface area contributed by atoms with Gasteiger partial charge in [-0.1, -0.05) is 13.3 Å². The number of rotatable bonds is 5. The SMILES string of the molecule is CCOC(=O)Cc1csc(N2CCCC(CC)CC2)n1. The van der Waals surface area contributed by atoms with Gasteiger partial charge in [-0.25, -0.2) is 4.98 Å². The highest BCUT2D eigenvalue weighted by Gasteiger charge is 2.18. The third kappa shape index (κ3) is 4.20. The van der Waals surface area contributed by atoms with Crippen molar-refractivity contribution in [2.75, 3.05) is 24.6 Å². The number of carbonyl (C=O) groups excluding carboxylic acids is 1. The van der Waals surface area contributed by atoms with E-state index >= 15 is 0 Å². The summed E-state index contributed by atoms with van der Waals surface area (Å²) in [5, 5.41) is 3.04. The third-order valence-electron chi connectivity index (χ3n) is 3.87. The van der Waals surface area contributed by atoms with Crippen molar-refractivity contribution in [3.8, 4) is 0 Å². The van der Waals surface area contributed by atoms with Crippen molar-refractivity contribution in [2.24, 2.45) is 5.92 Å². The number of carbonyl (C=O) groups is 1. The van der Waals surface area contributed by atoms with Crippen LogP contribution in [0.15, 0.2) is 5.38 Å². The van der Waals surface area contributed by atoms with E-state index in [4.69, 9.17) is 4.74 Å². The summed E-state index contributed by atoms with van der Waals surface area (Å²) in [5.41, 5.74) is 0.833. The van der Waals surface area contributed by atoms with E-state index in [1.54, 1.807) is 11.3 Å². The summed E-state index contributed by atoms with van der Waals surface area (Å²) in [6, 6.07) is 0. The van der Waals surface area contributed by atoms with Gasteiger partial charge >= 0.3 is 5.97 Å². The van der Waals surface area contributed by atoms with Crippen molar-refractivity contribution >= 4 is 22.4 Å². The van der Waals surface area contributed by atoms with Gasteiger partial charge in [0.1, 0.15) is 0 Å². The van der Waals surface area contributed by atoms with Crippen molar-refractivity contribution in [3.05, 3.63) is 11.1 Å². The van der Waals surface area contributed by atoms with Crippen LogP contribution in [0.5, 0.6) is 0 Å². The van der Waals surface area contributed by atoms with Crippen molar-refractivity contribution in [1.29, 1.82) is 0 Å². The number of nitrogens with zero attached hydrogens (tertiary/aromatic N) is 2. The Morgan fingerprint density at radius 1 is 1.45 bits per heavy atom. The van der Waals surface area contributed by atoms with Crippen molar-refractivity contribution in [2.45, 2.75) is 46.0 Å². The van der Waals surface area contributed by atoms with Gasteiger partial charge in [-0.05, 0) is 32.1 Å². The second kappa shape index (κ2) is 7.62. The molecule has 1 saturated heterocycles. The molecule has 1 fully saturated rings. The van der Waals surface area contributed by atoms with Gasteiger partial charge in [0.25, 0.3) is 0 Å². The van der Waals surface area contributed by atoms with Gasteiger partial charge < -0.3 is 9.64 Å². The minimum absolute atomic E-state index is 0.189. The largest absolute Gasteiger partial charge is 0.466 e.